The fraction of sp³-hybridized carbons (Fsp3) is 0. The first kappa shape index (κ1) is 7.81. The third-order valence-corrected chi connectivity index (χ3v) is 1.86. The Morgan fingerprint density at radius 1 is 1.55 bits per heavy atom. The molecule has 2 N–H and O–H groups in total. The van der Waals surface area contributed by atoms with Crippen molar-refractivity contribution in [3.63, 3.8) is 0 Å². The lowest BCUT2D eigenvalue weighted by atomic mass is 10.4. The molecule has 1 heterocycles. The molecule has 0 aromatic carbocycles. The molecule has 0 saturated heterocycles. The fourth-order valence-corrected chi connectivity index (χ4v) is 1.22. The highest BCUT2D eigenvalue weighted by atomic mass is 32.1. The Morgan fingerprint density at radius 2 is 2.27 bits per heavy atom. The summed E-state index contributed by atoms with van der Waals surface area (Å²) < 4.78 is 0. The van der Waals surface area contributed by atoms with Crippen LogP contribution in [-0.2, 0) is 4.79 Å². The number of aliphatic hydroxyl groups is 1. The second-order valence-electron chi connectivity index (χ2n) is 1.85. The number of aliphatic carboxylic acids is 1. The highest BCUT2D eigenvalue weighted by Gasteiger charge is 2.02. The number of thiophene rings is 1. The Labute approximate surface area is 67.2 Å². The lowest BCUT2D eigenvalue weighted by Gasteiger charge is -1.88. The Bertz CT molecular complexity index is 274. The second kappa shape index (κ2) is 3.21. The molecule has 1 rings (SSSR count). The molecule has 0 spiro atoms. The molecule has 0 saturated carbocycles. The molecule has 0 atom stereocenters. The van der Waals surface area contributed by atoms with E-state index in [0.29, 0.717) is 0 Å². The van der Waals surface area contributed by atoms with E-state index >= 15 is 0 Å². The van der Waals surface area contributed by atoms with Gasteiger partial charge in [0.1, 0.15) is 0 Å². The third kappa shape index (κ3) is 2.09. The van der Waals surface area contributed by atoms with E-state index in [4.69, 9.17) is 10.2 Å². The van der Waals surface area contributed by atoms with Crippen molar-refractivity contribution in [1.82, 2.24) is 0 Å². The number of aliphatic hydroxyl groups excluding tert-OH is 1. The minimum atomic E-state index is -1.31. The maximum Gasteiger partial charge on any atom is 0.370 e. The van der Waals surface area contributed by atoms with Crippen LogP contribution in [0.4, 0.5) is 0 Å². The van der Waals surface area contributed by atoms with Crippen LogP contribution in [-0.4, -0.2) is 16.2 Å². The Kier molecular flexibility index (Phi) is 2.28. The summed E-state index contributed by atoms with van der Waals surface area (Å²) in [7, 11) is 0. The summed E-state index contributed by atoms with van der Waals surface area (Å²) in [5, 5.41) is 18.8. The van der Waals surface area contributed by atoms with Gasteiger partial charge in [0.05, 0.1) is 0 Å². The smallest absolute Gasteiger partial charge is 0.370 e. The molecule has 3 nitrogen and oxygen atoms in total. The average Bonchev–Trinajstić information content (AvgIpc) is 2.39. The van der Waals surface area contributed by atoms with Crippen LogP contribution < -0.4 is 0 Å². The summed E-state index contributed by atoms with van der Waals surface area (Å²) in [6, 6.07) is 3.51. The monoisotopic (exact) mass is 170 g/mol. The van der Waals surface area contributed by atoms with Crippen LogP contribution in [0.3, 0.4) is 0 Å². The van der Waals surface area contributed by atoms with Crippen LogP contribution >= 0.6 is 11.3 Å². The lowest BCUT2D eigenvalue weighted by molar-refractivity contribution is -0.135. The molecule has 0 fully saturated rings. The van der Waals surface area contributed by atoms with Gasteiger partial charge in [0.25, 0.3) is 0 Å². The van der Waals surface area contributed by atoms with Crippen LogP contribution in [0, 0.1) is 0 Å². The molecule has 1 aromatic heterocycles. The molecule has 0 aliphatic heterocycles. The van der Waals surface area contributed by atoms with E-state index in [1.165, 1.54) is 17.4 Å². The fourth-order valence-electron chi connectivity index (χ4n) is 0.570. The Hall–Kier alpha value is -1.29. The third-order valence-electron chi connectivity index (χ3n) is 1.04. The topological polar surface area (TPSA) is 57.5 Å². The molecule has 4 heteroatoms. The number of carboxylic acids is 1. The van der Waals surface area contributed by atoms with Gasteiger partial charge in [0, 0.05) is 11.0 Å². The first-order chi connectivity index (χ1) is 5.20. The standard InChI is InChI=1S/C7H6O3S/c8-6(7(9)10)4-5-2-1-3-11-5/h1-4,8H,(H,9,10). The molecule has 11 heavy (non-hydrogen) atoms. The number of rotatable bonds is 2. The van der Waals surface area contributed by atoms with Crippen molar-refractivity contribution in [3.05, 3.63) is 28.1 Å². The van der Waals surface area contributed by atoms with Crippen LogP contribution in [0.2, 0.25) is 0 Å². The van der Waals surface area contributed by atoms with Crippen molar-refractivity contribution >= 4 is 23.4 Å². The molecule has 1 aromatic rings. The van der Waals surface area contributed by atoms with E-state index < -0.39 is 11.7 Å². The summed E-state index contributed by atoms with van der Waals surface area (Å²) in [5.41, 5.74) is 0. The predicted octanol–water partition coefficient (Wildman–Crippen LogP) is 1.73. The zero-order valence-electron chi connectivity index (χ0n) is 5.52. The van der Waals surface area contributed by atoms with Gasteiger partial charge in [0.15, 0.2) is 0 Å². The quantitative estimate of drug-likeness (QED) is 0.525. The van der Waals surface area contributed by atoms with Gasteiger partial charge in [0.2, 0.25) is 5.76 Å². The first-order valence-corrected chi connectivity index (χ1v) is 3.75. The maximum absolute atomic E-state index is 10.1. The predicted molar refractivity (Wildman–Crippen MR) is 42.6 cm³/mol. The number of hydrogen-bond acceptors (Lipinski definition) is 3. The summed E-state index contributed by atoms with van der Waals surface area (Å²) in [4.78, 5) is 10.8. The SMILES string of the molecule is O=C(O)C(O)=Cc1cccs1. The van der Waals surface area contributed by atoms with Crippen molar-refractivity contribution in [2.45, 2.75) is 0 Å². The van der Waals surface area contributed by atoms with Crippen molar-refractivity contribution in [2.75, 3.05) is 0 Å². The molecular formula is C7H6O3S. The van der Waals surface area contributed by atoms with Gasteiger partial charge >= 0.3 is 5.97 Å². The highest BCUT2D eigenvalue weighted by Crippen LogP contribution is 2.11. The van der Waals surface area contributed by atoms with Crippen LogP contribution in [0.5, 0.6) is 0 Å². The second-order valence-corrected chi connectivity index (χ2v) is 2.83. The number of hydrogen-bond donors (Lipinski definition) is 2. The molecule has 0 aliphatic carbocycles. The minimum absolute atomic E-state index is 0.632. The minimum Gasteiger partial charge on any atom is -0.502 e. The lowest BCUT2D eigenvalue weighted by Crippen LogP contribution is -1.97. The summed E-state index contributed by atoms with van der Waals surface area (Å²) in [6.07, 6.45) is 1.22. The van der Waals surface area contributed by atoms with E-state index in [0.717, 1.165) is 4.88 Å². The van der Waals surface area contributed by atoms with Gasteiger partial charge in [-0.1, -0.05) is 6.07 Å². The largest absolute Gasteiger partial charge is 0.502 e. The van der Waals surface area contributed by atoms with Crippen LogP contribution in [0.1, 0.15) is 4.88 Å². The van der Waals surface area contributed by atoms with Gasteiger partial charge in [-0.15, -0.1) is 11.3 Å². The zero-order chi connectivity index (χ0) is 8.27. The molecule has 0 unspecified atom stereocenters. The van der Waals surface area contributed by atoms with Crippen molar-refractivity contribution in [2.24, 2.45) is 0 Å². The molecular weight excluding hydrogens is 164 g/mol. The number of carboxylic acid groups (broad SMARTS) is 1. The number of carbonyl (C=O) groups is 1. The van der Waals surface area contributed by atoms with Crippen molar-refractivity contribution in [1.29, 1.82) is 0 Å². The molecule has 0 amide bonds. The summed E-state index contributed by atoms with van der Waals surface area (Å²) >= 11 is 1.37. The normalized spacial score (nSPS) is 11.5. The van der Waals surface area contributed by atoms with Crippen LogP contribution in [0.15, 0.2) is 23.3 Å². The van der Waals surface area contributed by atoms with Gasteiger partial charge in [-0.25, -0.2) is 4.79 Å². The van der Waals surface area contributed by atoms with E-state index in [2.05, 4.69) is 0 Å². The highest BCUT2D eigenvalue weighted by molar-refractivity contribution is 7.10. The summed E-state index contributed by atoms with van der Waals surface area (Å²) in [5.74, 6) is -1.94. The summed E-state index contributed by atoms with van der Waals surface area (Å²) in [6.45, 7) is 0. The van der Waals surface area contributed by atoms with Gasteiger partial charge < -0.3 is 10.2 Å². The van der Waals surface area contributed by atoms with Gasteiger partial charge in [-0.3, -0.25) is 0 Å². The van der Waals surface area contributed by atoms with Crippen molar-refractivity contribution in [3.8, 4) is 0 Å². The average molecular weight is 170 g/mol. The first-order valence-electron chi connectivity index (χ1n) is 2.87. The van der Waals surface area contributed by atoms with E-state index in [-0.39, 0.29) is 0 Å². The Morgan fingerprint density at radius 3 is 2.73 bits per heavy atom. The molecule has 0 radical (unpaired) electrons. The zero-order valence-corrected chi connectivity index (χ0v) is 6.34. The Balaban J connectivity index is 2.82. The van der Waals surface area contributed by atoms with Crippen molar-refractivity contribution < 1.29 is 15.0 Å². The van der Waals surface area contributed by atoms with E-state index in [1.54, 1.807) is 17.5 Å². The maximum atomic E-state index is 10.1. The van der Waals surface area contributed by atoms with Gasteiger partial charge in [-0.2, -0.15) is 0 Å². The van der Waals surface area contributed by atoms with E-state index in [9.17, 15) is 4.79 Å². The van der Waals surface area contributed by atoms with Gasteiger partial charge in [-0.05, 0) is 11.4 Å². The van der Waals surface area contributed by atoms with Crippen LogP contribution in [0.25, 0.3) is 6.08 Å². The molecule has 58 valence electrons. The van der Waals surface area contributed by atoms with E-state index in [1.807, 2.05) is 0 Å². The molecule has 0 bridgehead atoms. The molecule has 0 aliphatic rings.